The fourth-order valence-electron chi connectivity index (χ4n) is 3.64. The van der Waals surface area contributed by atoms with Gasteiger partial charge in [0, 0.05) is 30.2 Å². The van der Waals surface area contributed by atoms with E-state index in [9.17, 15) is 9.59 Å². The van der Waals surface area contributed by atoms with Crippen molar-refractivity contribution >= 4 is 22.6 Å². The molecule has 0 bridgehead atoms. The molecule has 0 fully saturated rings. The van der Waals surface area contributed by atoms with Crippen LogP contribution < -0.4 is 15.6 Å². The second kappa shape index (κ2) is 9.48. The number of benzene rings is 2. The number of amides is 2. The lowest BCUT2D eigenvalue weighted by Crippen LogP contribution is -2.35. The topological polar surface area (TPSA) is 74.4 Å². The molecule has 158 valence electrons. The van der Waals surface area contributed by atoms with E-state index in [0.29, 0.717) is 25.4 Å². The lowest BCUT2D eigenvalue weighted by Gasteiger charge is -2.23. The normalized spacial score (nSPS) is 10.8. The first kappa shape index (κ1) is 21.4. The zero-order valence-corrected chi connectivity index (χ0v) is 18.0. The smallest absolute Gasteiger partial charge is 0.322 e. The second-order valence-electron chi connectivity index (χ2n) is 7.47. The Kier molecular flexibility index (Phi) is 6.77. The summed E-state index contributed by atoms with van der Waals surface area (Å²) in [6.45, 7) is 9.52. The van der Waals surface area contributed by atoms with Crippen molar-refractivity contribution in [3.8, 4) is 5.75 Å². The third-order valence-electron chi connectivity index (χ3n) is 4.94. The largest absolute Gasteiger partial charge is 0.494 e. The number of urea groups is 1. The highest BCUT2D eigenvalue weighted by atomic mass is 16.5. The second-order valence-corrected chi connectivity index (χ2v) is 7.47. The standard InChI is InChI=1S/C24H29N3O3/c1-5-11-27(24(29)25-19-7-9-20(10-8-19)30-6-2)15-18-14-22(28)26-23-17(4)12-16(3)13-21(18)23/h7-10,12-14H,5-6,11,15H2,1-4H3,(H,25,29)(H,26,28). The zero-order chi connectivity index (χ0) is 21.7. The Bertz CT molecular complexity index is 1090. The van der Waals surface area contributed by atoms with Crippen LogP contribution in [-0.2, 0) is 6.54 Å². The number of H-pyrrole nitrogens is 1. The minimum absolute atomic E-state index is 0.159. The van der Waals surface area contributed by atoms with Crippen molar-refractivity contribution in [3.05, 3.63) is 69.5 Å². The van der Waals surface area contributed by atoms with Crippen molar-refractivity contribution in [2.24, 2.45) is 0 Å². The van der Waals surface area contributed by atoms with Crippen LogP contribution in [0.25, 0.3) is 10.9 Å². The maximum Gasteiger partial charge on any atom is 0.322 e. The molecule has 0 aliphatic rings. The fourth-order valence-corrected chi connectivity index (χ4v) is 3.64. The van der Waals surface area contributed by atoms with Gasteiger partial charge >= 0.3 is 6.03 Å². The first-order valence-corrected chi connectivity index (χ1v) is 10.3. The number of fused-ring (bicyclic) bond motifs is 1. The maximum absolute atomic E-state index is 13.0. The summed E-state index contributed by atoms with van der Waals surface area (Å²) < 4.78 is 5.45. The first-order valence-electron chi connectivity index (χ1n) is 10.3. The highest BCUT2D eigenvalue weighted by Crippen LogP contribution is 2.23. The van der Waals surface area contributed by atoms with Gasteiger partial charge in [0.1, 0.15) is 5.75 Å². The van der Waals surface area contributed by atoms with Gasteiger partial charge in [-0.05, 0) is 68.7 Å². The highest BCUT2D eigenvalue weighted by molar-refractivity contribution is 5.90. The summed E-state index contributed by atoms with van der Waals surface area (Å²) in [6, 6.07) is 12.8. The molecule has 2 aromatic carbocycles. The Morgan fingerprint density at radius 3 is 2.50 bits per heavy atom. The number of ether oxygens (including phenoxy) is 1. The number of nitrogens with one attached hydrogen (secondary N) is 2. The maximum atomic E-state index is 13.0. The van der Waals surface area contributed by atoms with E-state index in [4.69, 9.17) is 4.74 Å². The molecule has 6 heteroatoms. The number of nitrogens with zero attached hydrogens (tertiary/aromatic N) is 1. The van der Waals surface area contributed by atoms with Gasteiger partial charge in [0.2, 0.25) is 5.56 Å². The number of hydrogen-bond acceptors (Lipinski definition) is 3. The number of hydrogen-bond donors (Lipinski definition) is 2. The van der Waals surface area contributed by atoms with Gasteiger partial charge < -0.3 is 19.9 Å². The van der Waals surface area contributed by atoms with Gasteiger partial charge in [0.15, 0.2) is 0 Å². The molecule has 2 N–H and O–H groups in total. The van der Waals surface area contributed by atoms with Crippen LogP contribution in [0.15, 0.2) is 47.3 Å². The molecular weight excluding hydrogens is 378 g/mol. The van der Waals surface area contributed by atoms with Crippen molar-refractivity contribution in [2.75, 3.05) is 18.5 Å². The van der Waals surface area contributed by atoms with Crippen molar-refractivity contribution in [3.63, 3.8) is 0 Å². The molecule has 0 spiro atoms. The molecule has 0 aliphatic carbocycles. The molecule has 1 heterocycles. The predicted molar refractivity (Wildman–Crippen MR) is 121 cm³/mol. The van der Waals surface area contributed by atoms with Crippen molar-refractivity contribution in [1.29, 1.82) is 0 Å². The Hall–Kier alpha value is -3.28. The summed E-state index contributed by atoms with van der Waals surface area (Å²) in [5.41, 5.74) is 4.35. The van der Waals surface area contributed by atoms with E-state index >= 15 is 0 Å². The summed E-state index contributed by atoms with van der Waals surface area (Å²) >= 11 is 0. The monoisotopic (exact) mass is 407 g/mol. The molecule has 0 aliphatic heterocycles. The average Bonchev–Trinajstić information content (AvgIpc) is 2.70. The number of aromatic amines is 1. The van der Waals surface area contributed by atoms with Crippen molar-refractivity contribution in [2.45, 2.75) is 40.7 Å². The van der Waals surface area contributed by atoms with E-state index in [-0.39, 0.29) is 11.6 Å². The summed E-state index contributed by atoms with van der Waals surface area (Å²) in [7, 11) is 0. The Balaban J connectivity index is 1.86. The van der Waals surface area contributed by atoms with Gasteiger partial charge in [-0.15, -0.1) is 0 Å². The van der Waals surface area contributed by atoms with Crippen LogP contribution in [0.5, 0.6) is 5.75 Å². The number of rotatable bonds is 7. The van der Waals surface area contributed by atoms with E-state index in [1.165, 1.54) is 0 Å². The van der Waals surface area contributed by atoms with E-state index in [0.717, 1.165) is 39.8 Å². The zero-order valence-electron chi connectivity index (χ0n) is 18.0. The molecular formula is C24H29N3O3. The van der Waals surface area contributed by atoms with Crippen LogP contribution >= 0.6 is 0 Å². The lowest BCUT2D eigenvalue weighted by molar-refractivity contribution is 0.209. The Morgan fingerprint density at radius 1 is 1.10 bits per heavy atom. The summed E-state index contributed by atoms with van der Waals surface area (Å²) in [5.74, 6) is 0.765. The van der Waals surface area contributed by atoms with Crippen molar-refractivity contribution in [1.82, 2.24) is 9.88 Å². The molecule has 3 rings (SSSR count). The number of pyridine rings is 1. The quantitative estimate of drug-likeness (QED) is 0.579. The lowest BCUT2D eigenvalue weighted by atomic mass is 10.0. The van der Waals surface area contributed by atoms with Gasteiger partial charge in [-0.3, -0.25) is 4.79 Å². The average molecular weight is 408 g/mol. The molecule has 0 radical (unpaired) electrons. The van der Waals surface area contributed by atoms with Crippen LogP contribution in [0.4, 0.5) is 10.5 Å². The summed E-state index contributed by atoms with van der Waals surface area (Å²) in [4.78, 5) is 29.9. The predicted octanol–water partition coefficient (Wildman–Crippen LogP) is 4.99. The Morgan fingerprint density at radius 2 is 1.83 bits per heavy atom. The van der Waals surface area contributed by atoms with E-state index < -0.39 is 0 Å². The first-order chi connectivity index (χ1) is 14.4. The number of aromatic nitrogens is 1. The van der Waals surface area contributed by atoms with Gasteiger partial charge in [-0.2, -0.15) is 0 Å². The third kappa shape index (κ3) is 5.00. The van der Waals surface area contributed by atoms with Crippen LogP contribution in [0.2, 0.25) is 0 Å². The minimum Gasteiger partial charge on any atom is -0.494 e. The Labute approximate surface area is 176 Å². The number of carbonyl (C=O) groups excluding carboxylic acids is 1. The van der Waals surface area contributed by atoms with Crippen LogP contribution in [0.3, 0.4) is 0 Å². The molecule has 0 atom stereocenters. The van der Waals surface area contributed by atoms with Crippen LogP contribution in [0, 0.1) is 13.8 Å². The van der Waals surface area contributed by atoms with Gasteiger partial charge in [-0.25, -0.2) is 4.79 Å². The molecule has 30 heavy (non-hydrogen) atoms. The molecule has 0 saturated heterocycles. The van der Waals surface area contributed by atoms with Crippen LogP contribution in [-0.4, -0.2) is 29.1 Å². The van der Waals surface area contributed by atoms with Gasteiger partial charge in [0.25, 0.3) is 0 Å². The summed E-state index contributed by atoms with van der Waals surface area (Å²) in [6.07, 6.45) is 0.815. The molecule has 0 unspecified atom stereocenters. The fraction of sp³-hybridized carbons (Fsp3) is 0.333. The van der Waals surface area contributed by atoms with Gasteiger partial charge in [-0.1, -0.05) is 18.6 Å². The van der Waals surface area contributed by atoms with Gasteiger partial charge in [0.05, 0.1) is 12.1 Å². The number of carbonyl (C=O) groups is 1. The molecule has 1 aromatic heterocycles. The van der Waals surface area contributed by atoms with Crippen molar-refractivity contribution < 1.29 is 9.53 Å². The minimum atomic E-state index is -0.196. The number of aryl methyl sites for hydroxylation is 2. The molecule has 2 amide bonds. The van der Waals surface area contributed by atoms with Crippen LogP contribution in [0.1, 0.15) is 37.0 Å². The van der Waals surface area contributed by atoms with E-state index in [2.05, 4.69) is 16.4 Å². The highest BCUT2D eigenvalue weighted by Gasteiger charge is 2.16. The molecule has 3 aromatic rings. The SMILES string of the molecule is CCCN(Cc1cc(=O)[nH]c2c(C)cc(C)cc12)C(=O)Nc1ccc(OCC)cc1. The van der Waals surface area contributed by atoms with E-state index in [1.807, 2.05) is 58.0 Å². The van der Waals surface area contributed by atoms with E-state index in [1.54, 1.807) is 11.0 Å². The summed E-state index contributed by atoms with van der Waals surface area (Å²) in [5, 5.41) is 3.92. The third-order valence-corrected chi connectivity index (χ3v) is 4.94. The molecule has 0 saturated carbocycles. The molecule has 6 nitrogen and oxygen atoms in total. The number of anilines is 1.